The zero-order valence-electron chi connectivity index (χ0n) is 5.96. The van der Waals surface area contributed by atoms with Gasteiger partial charge in [-0.3, -0.25) is 4.99 Å². The summed E-state index contributed by atoms with van der Waals surface area (Å²) in [4.78, 5) is 4.06. The Labute approximate surface area is 55.9 Å². The van der Waals surface area contributed by atoms with Crippen molar-refractivity contribution in [2.45, 2.75) is 19.9 Å². The quantitative estimate of drug-likeness (QED) is 0.564. The van der Waals surface area contributed by atoms with Crippen molar-refractivity contribution in [3.63, 3.8) is 0 Å². The second-order valence-electron chi connectivity index (χ2n) is 2.08. The van der Waals surface area contributed by atoms with Gasteiger partial charge in [-0.2, -0.15) is 0 Å². The van der Waals surface area contributed by atoms with E-state index >= 15 is 0 Å². The summed E-state index contributed by atoms with van der Waals surface area (Å²) >= 11 is 0. The Balaban J connectivity index is 3.90. The average molecular weight is 127 g/mol. The van der Waals surface area contributed by atoms with E-state index in [0.717, 1.165) is 0 Å². The molecule has 0 aliphatic heterocycles. The molecule has 2 nitrogen and oxygen atoms in total. The lowest BCUT2D eigenvalue weighted by Crippen LogP contribution is -2.03. The third-order valence-corrected chi connectivity index (χ3v) is 0.822. The van der Waals surface area contributed by atoms with Crippen LogP contribution in [0.2, 0.25) is 0 Å². The van der Waals surface area contributed by atoms with E-state index in [2.05, 4.69) is 11.6 Å². The highest BCUT2D eigenvalue weighted by molar-refractivity contribution is 5.95. The van der Waals surface area contributed by atoms with E-state index in [1.54, 1.807) is 6.08 Å². The van der Waals surface area contributed by atoms with Crippen LogP contribution in [-0.4, -0.2) is 23.5 Å². The summed E-state index contributed by atoms with van der Waals surface area (Å²) in [6.45, 7) is 7.40. The predicted octanol–water partition coefficient (Wildman–Crippen LogP) is 1.01. The molecular formula is C7H13NO. The highest BCUT2D eigenvalue weighted by Gasteiger charge is 1.90. The molecule has 0 saturated heterocycles. The molecule has 0 rings (SSSR count). The van der Waals surface area contributed by atoms with Crippen molar-refractivity contribution >= 4 is 5.71 Å². The van der Waals surface area contributed by atoms with Crippen LogP contribution in [0.25, 0.3) is 0 Å². The van der Waals surface area contributed by atoms with Gasteiger partial charge in [-0.15, -0.1) is 0 Å². The lowest BCUT2D eigenvalue weighted by Gasteiger charge is -1.98. The lowest BCUT2D eigenvalue weighted by atomic mass is 10.3. The van der Waals surface area contributed by atoms with Crippen molar-refractivity contribution in [1.82, 2.24) is 0 Å². The van der Waals surface area contributed by atoms with Crippen molar-refractivity contribution in [2.75, 3.05) is 6.61 Å². The van der Waals surface area contributed by atoms with E-state index < -0.39 is 0 Å². The molecule has 0 radical (unpaired) electrons. The molecule has 1 N–H and O–H groups in total. The SMILES string of the molecule is C=CC(CO)=NC(C)C. The van der Waals surface area contributed by atoms with Gasteiger partial charge in [0.15, 0.2) is 0 Å². The second kappa shape index (κ2) is 4.27. The van der Waals surface area contributed by atoms with Crippen LogP contribution in [0.5, 0.6) is 0 Å². The summed E-state index contributed by atoms with van der Waals surface area (Å²) in [7, 11) is 0. The first-order valence-electron chi connectivity index (χ1n) is 3.00. The van der Waals surface area contributed by atoms with E-state index in [9.17, 15) is 0 Å². The molecule has 0 spiro atoms. The molecule has 0 amide bonds. The van der Waals surface area contributed by atoms with Crippen molar-refractivity contribution in [3.8, 4) is 0 Å². The summed E-state index contributed by atoms with van der Waals surface area (Å²) in [5, 5.41) is 8.57. The molecule has 0 aliphatic rings. The van der Waals surface area contributed by atoms with Crippen LogP contribution < -0.4 is 0 Å². The molecule has 0 atom stereocenters. The van der Waals surface area contributed by atoms with Gasteiger partial charge in [0.25, 0.3) is 0 Å². The first-order valence-corrected chi connectivity index (χ1v) is 3.00. The maximum atomic E-state index is 8.57. The summed E-state index contributed by atoms with van der Waals surface area (Å²) in [6, 6.07) is 0.241. The van der Waals surface area contributed by atoms with Crippen molar-refractivity contribution < 1.29 is 5.11 Å². The summed E-state index contributed by atoms with van der Waals surface area (Å²) in [5.41, 5.74) is 0.657. The smallest absolute Gasteiger partial charge is 0.0848 e. The summed E-state index contributed by atoms with van der Waals surface area (Å²) in [5.74, 6) is 0. The molecule has 52 valence electrons. The van der Waals surface area contributed by atoms with Gasteiger partial charge >= 0.3 is 0 Å². The molecule has 0 aromatic carbocycles. The predicted molar refractivity (Wildman–Crippen MR) is 39.9 cm³/mol. The fourth-order valence-electron chi connectivity index (χ4n) is 0.490. The molecule has 9 heavy (non-hydrogen) atoms. The van der Waals surface area contributed by atoms with Crippen LogP contribution in [0.4, 0.5) is 0 Å². The van der Waals surface area contributed by atoms with Crippen molar-refractivity contribution in [2.24, 2.45) is 4.99 Å². The molecule has 0 unspecified atom stereocenters. The van der Waals surface area contributed by atoms with Gasteiger partial charge in [0, 0.05) is 6.04 Å². The minimum atomic E-state index is -0.0122. The third kappa shape index (κ3) is 3.91. The lowest BCUT2D eigenvalue weighted by molar-refractivity contribution is 0.357. The van der Waals surface area contributed by atoms with E-state index in [-0.39, 0.29) is 12.6 Å². The van der Waals surface area contributed by atoms with Gasteiger partial charge < -0.3 is 5.11 Å². The van der Waals surface area contributed by atoms with Crippen LogP contribution >= 0.6 is 0 Å². The molecule has 0 heterocycles. The fourth-order valence-corrected chi connectivity index (χ4v) is 0.490. The Hall–Kier alpha value is -0.630. The Morgan fingerprint density at radius 3 is 2.44 bits per heavy atom. The average Bonchev–Trinajstić information content (AvgIpc) is 1.82. The van der Waals surface area contributed by atoms with Gasteiger partial charge in [0.05, 0.1) is 12.3 Å². The Morgan fingerprint density at radius 1 is 1.78 bits per heavy atom. The van der Waals surface area contributed by atoms with Gasteiger partial charge in [-0.1, -0.05) is 6.58 Å². The molecule has 0 fully saturated rings. The highest BCUT2D eigenvalue weighted by Crippen LogP contribution is 1.88. The van der Waals surface area contributed by atoms with Crippen molar-refractivity contribution in [1.29, 1.82) is 0 Å². The Kier molecular flexibility index (Phi) is 3.97. The minimum absolute atomic E-state index is 0.0122. The van der Waals surface area contributed by atoms with Gasteiger partial charge in [0.2, 0.25) is 0 Å². The summed E-state index contributed by atoms with van der Waals surface area (Å²) < 4.78 is 0. The summed E-state index contributed by atoms with van der Waals surface area (Å²) in [6.07, 6.45) is 1.57. The van der Waals surface area contributed by atoms with E-state index in [1.165, 1.54) is 0 Å². The van der Waals surface area contributed by atoms with E-state index in [0.29, 0.717) is 5.71 Å². The van der Waals surface area contributed by atoms with Crippen LogP contribution in [0.15, 0.2) is 17.6 Å². The van der Waals surface area contributed by atoms with Crippen LogP contribution in [-0.2, 0) is 0 Å². The fraction of sp³-hybridized carbons (Fsp3) is 0.571. The zero-order valence-corrected chi connectivity index (χ0v) is 5.96. The Bertz CT molecular complexity index is 116. The van der Waals surface area contributed by atoms with E-state index in [1.807, 2.05) is 13.8 Å². The Morgan fingerprint density at radius 2 is 2.33 bits per heavy atom. The number of aliphatic imine (C=N–C) groups is 1. The largest absolute Gasteiger partial charge is 0.390 e. The highest BCUT2D eigenvalue weighted by atomic mass is 16.3. The molecule has 2 heteroatoms. The zero-order chi connectivity index (χ0) is 7.28. The molecular weight excluding hydrogens is 114 g/mol. The van der Waals surface area contributed by atoms with Crippen LogP contribution in [0.1, 0.15) is 13.8 Å². The molecule has 0 saturated carbocycles. The van der Waals surface area contributed by atoms with Gasteiger partial charge in [-0.25, -0.2) is 0 Å². The number of hydrogen-bond acceptors (Lipinski definition) is 2. The minimum Gasteiger partial charge on any atom is -0.390 e. The molecule has 0 bridgehead atoms. The molecule has 0 aromatic rings. The molecule has 0 aliphatic carbocycles. The topological polar surface area (TPSA) is 32.6 Å². The molecule has 0 aromatic heterocycles. The van der Waals surface area contributed by atoms with Crippen LogP contribution in [0.3, 0.4) is 0 Å². The van der Waals surface area contributed by atoms with E-state index in [4.69, 9.17) is 5.11 Å². The number of aliphatic hydroxyl groups excluding tert-OH is 1. The van der Waals surface area contributed by atoms with Gasteiger partial charge in [0.1, 0.15) is 0 Å². The number of rotatable bonds is 3. The first kappa shape index (κ1) is 8.37. The van der Waals surface area contributed by atoms with Gasteiger partial charge in [-0.05, 0) is 19.9 Å². The number of nitrogens with zero attached hydrogens (tertiary/aromatic N) is 1. The maximum absolute atomic E-state index is 8.57. The monoisotopic (exact) mass is 127 g/mol. The standard InChI is InChI=1S/C7H13NO/c1-4-7(5-9)8-6(2)3/h4,6,9H,1,5H2,2-3H3. The second-order valence-corrected chi connectivity index (χ2v) is 2.08. The first-order chi connectivity index (χ1) is 4.20. The van der Waals surface area contributed by atoms with Crippen LogP contribution in [0, 0.1) is 0 Å². The number of aliphatic hydroxyl groups is 1. The normalized spacial score (nSPS) is 12.2. The van der Waals surface area contributed by atoms with Crippen molar-refractivity contribution in [3.05, 3.63) is 12.7 Å². The number of hydrogen-bond donors (Lipinski definition) is 1. The maximum Gasteiger partial charge on any atom is 0.0848 e. The third-order valence-electron chi connectivity index (χ3n) is 0.822.